The molecule has 7 nitrogen and oxygen atoms in total. The summed E-state index contributed by atoms with van der Waals surface area (Å²) in [5.41, 5.74) is 1.66. The zero-order valence-corrected chi connectivity index (χ0v) is 15.2. The lowest BCUT2D eigenvalue weighted by molar-refractivity contribution is -0.141. The van der Waals surface area contributed by atoms with E-state index >= 15 is 0 Å². The normalized spacial score (nSPS) is 20.3. The number of carboxylic acids is 1. The van der Waals surface area contributed by atoms with Gasteiger partial charge in [0.15, 0.2) is 0 Å². The van der Waals surface area contributed by atoms with Crippen molar-refractivity contribution in [2.75, 3.05) is 13.1 Å². The molecule has 1 aliphatic rings. The van der Waals surface area contributed by atoms with Gasteiger partial charge in [0.25, 0.3) is 0 Å². The first-order chi connectivity index (χ1) is 13.0. The minimum atomic E-state index is -2.28. The highest BCUT2D eigenvalue weighted by molar-refractivity contribution is 7.79. The third-order valence-electron chi connectivity index (χ3n) is 4.71. The monoisotopic (exact) mass is 387 g/mol. The molecule has 142 valence electrons. The van der Waals surface area contributed by atoms with Crippen LogP contribution in [0.2, 0.25) is 0 Å². The molecule has 2 N–H and O–H groups in total. The SMILES string of the molecule is O=C(O)C1CN(C(=O)NCc2ccc(S(=O)[O-])cc2)CC1c1ccccc1. The Morgan fingerprint density at radius 2 is 1.78 bits per heavy atom. The predicted molar refractivity (Wildman–Crippen MR) is 97.7 cm³/mol. The molecule has 2 amide bonds. The predicted octanol–water partition coefficient (Wildman–Crippen LogP) is 1.93. The van der Waals surface area contributed by atoms with Gasteiger partial charge in [-0.05, 0) is 34.3 Å². The summed E-state index contributed by atoms with van der Waals surface area (Å²) >= 11 is -2.28. The van der Waals surface area contributed by atoms with E-state index in [2.05, 4.69) is 5.32 Å². The van der Waals surface area contributed by atoms with E-state index in [1.807, 2.05) is 30.3 Å². The number of hydrogen-bond acceptors (Lipinski definition) is 4. The van der Waals surface area contributed by atoms with Crippen molar-refractivity contribution in [1.29, 1.82) is 0 Å². The van der Waals surface area contributed by atoms with Gasteiger partial charge in [-0.2, -0.15) is 0 Å². The second kappa shape index (κ2) is 8.32. The first-order valence-corrected chi connectivity index (χ1v) is 9.52. The topological polar surface area (TPSA) is 110 Å². The Kier molecular flexibility index (Phi) is 5.88. The van der Waals surface area contributed by atoms with Gasteiger partial charge >= 0.3 is 12.0 Å². The van der Waals surface area contributed by atoms with Crippen molar-refractivity contribution in [3.63, 3.8) is 0 Å². The molecule has 0 radical (unpaired) electrons. The molecule has 0 spiro atoms. The van der Waals surface area contributed by atoms with Crippen LogP contribution >= 0.6 is 0 Å². The number of benzene rings is 2. The van der Waals surface area contributed by atoms with Crippen molar-refractivity contribution in [2.45, 2.75) is 17.4 Å². The Bertz CT molecular complexity index is 841. The second-order valence-corrected chi connectivity index (χ2v) is 7.35. The minimum Gasteiger partial charge on any atom is -0.768 e. The maximum Gasteiger partial charge on any atom is 0.317 e. The fourth-order valence-electron chi connectivity index (χ4n) is 3.27. The number of carbonyl (C=O) groups is 2. The number of hydrogen-bond donors (Lipinski definition) is 2. The van der Waals surface area contributed by atoms with Crippen LogP contribution in [0.1, 0.15) is 17.0 Å². The quantitative estimate of drug-likeness (QED) is 0.762. The summed E-state index contributed by atoms with van der Waals surface area (Å²) in [7, 11) is 0. The number of nitrogens with zero attached hydrogens (tertiary/aromatic N) is 1. The van der Waals surface area contributed by atoms with E-state index in [0.717, 1.165) is 11.1 Å². The van der Waals surface area contributed by atoms with E-state index in [1.54, 1.807) is 12.1 Å². The van der Waals surface area contributed by atoms with Crippen LogP contribution in [0, 0.1) is 5.92 Å². The molecule has 1 aliphatic heterocycles. The zero-order valence-electron chi connectivity index (χ0n) is 14.4. The van der Waals surface area contributed by atoms with Crippen molar-refractivity contribution in [3.8, 4) is 0 Å². The molecule has 1 saturated heterocycles. The molecular weight excluding hydrogens is 368 g/mol. The van der Waals surface area contributed by atoms with Gasteiger partial charge in [-0.15, -0.1) is 0 Å². The molecule has 1 heterocycles. The minimum absolute atomic E-state index is 0.148. The van der Waals surface area contributed by atoms with Crippen LogP contribution in [0.15, 0.2) is 59.5 Å². The van der Waals surface area contributed by atoms with E-state index < -0.39 is 23.0 Å². The first-order valence-electron chi connectivity index (χ1n) is 8.44. The number of likely N-dealkylation sites (tertiary alicyclic amines) is 1. The van der Waals surface area contributed by atoms with E-state index in [-0.39, 0.29) is 29.9 Å². The van der Waals surface area contributed by atoms with Crippen LogP contribution in [0.5, 0.6) is 0 Å². The molecule has 0 aliphatic carbocycles. The summed E-state index contributed by atoms with van der Waals surface area (Å²) in [6.07, 6.45) is 0. The van der Waals surface area contributed by atoms with Gasteiger partial charge in [0.05, 0.1) is 5.92 Å². The molecule has 0 aromatic heterocycles. The van der Waals surface area contributed by atoms with Crippen molar-refractivity contribution in [1.82, 2.24) is 10.2 Å². The number of aliphatic carboxylic acids is 1. The molecule has 0 bridgehead atoms. The van der Waals surface area contributed by atoms with Gasteiger partial charge < -0.3 is 19.9 Å². The van der Waals surface area contributed by atoms with Crippen LogP contribution in [-0.4, -0.2) is 43.9 Å². The Labute approximate surface area is 159 Å². The van der Waals surface area contributed by atoms with Gasteiger partial charge in [0.1, 0.15) is 0 Å². The molecule has 2 aromatic rings. The lowest BCUT2D eigenvalue weighted by atomic mass is 9.89. The van der Waals surface area contributed by atoms with E-state index in [4.69, 9.17) is 0 Å². The Balaban J connectivity index is 1.63. The summed E-state index contributed by atoms with van der Waals surface area (Å²) < 4.78 is 21.7. The number of urea groups is 1. The van der Waals surface area contributed by atoms with Gasteiger partial charge in [0.2, 0.25) is 0 Å². The third kappa shape index (κ3) is 4.53. The Hall–Kier alpha value is -2.71. The van der Waals surface area contributed by atoms with Crippen LogP contribution in [0.25, 0.3) is 0 Å². The van der Waals surface area contributed by atoms with Gasteiger partial charge in [0, 0.05) is 30.4 Å². The molecule has 3 rings (SSSR count). The van der Waals surface area contributed by atoms with Crippen LogP contribution < -0.4 is 5.32 Å². The largest absolute Gasteiger partial charge is 0.768 e. The smallest absolute Gasteiger partial charge is 0.317 e. The Morgan fingerprint density at radius 3 is 2.37 bits per heavy atom. The number of carboxylic acid groups (broad SMARTS) is 1. The van der Waals surface area contributed by atoms with Gasteiger partial charge in [-0.1, -0.05) is 42.5 Å². The summed E-state index contributed by atoms with van der Waals surface area (Å²) in [6.45, 7) is 0.713. The lowest BCUT2D eigenvalue weighted by Gasteiger charge is -2.17. The first kappa shape index (κ1) is 19.1. The van der Waals surface area contributed by atoms with Crippen LogP contribution in [0.4, 0.5) is 4.79 Å². The molecule has 0 saturated carbocycles. The number of rotatable bonds is 5. The third-order valence-corrected chi connectivity index (χ3v) is 5.37. The highest BCUT2D eigenvalue weighted by Crippen LogP contribution is 2.32. The molecule has 27 heavy (non-hydrogen) atoms. The van der Waals surface area contributed by atoms with E-state index in [1.165, 1.54) is 17.0 Å². The van der Waals surface area contributed by atoms with Crippen molar-refractivity contribution in [2.24, 2.45) is 5.92 Å². The maximum atomic E-state index is 12.5. The Morgan fingerprint density at radius 1 is 1.11 bits per heavy atom. The second-order valence-electron chi connectivity index (χ2n) is 6.40. The average Bonchev–Trinajstić information content (AvgIpc) is 3.13. The highest BCUT2D eigenvalue weighted by Gasteiger charge is 2.40. The van der Waals surface area contributed by atoms with Gasteiger partial charge in [-0.25, -0.2) is 4.79 Å². The van der Waals surface area contributed by atoms with E-state index in [9.17, 15) is 23.5 Å². The van der Waals surface area contributed by atoms with Crippen molar-refractivity contribution >= 4 is 23.1 Å². The van der Waals surface area contributed by atoms with Crippen molar-refractivity contribution in [3.05, 3.63) is 65.7 Å². The molecular formula is C19H19N2O5S-. The molecule has 2 aromatic carbocycles. The van der Waals surface area contributed by atoms with E-state index in [0.29, 0.717) is 6.54 Å². The van der Waals surface area contributed by atoms with Crippen LogP contribution in [-0.2, 0) is 22.4 Å². The summed E-state index contributed by atoms with van der Waals surface area (Å²) in [6, 6.07) is 15.2. The zero-order chi connectivity index (χ0) is 19.4. The maximum absolute atomic E-state index is 12.5. The summed E-state index contributed by atoms with van der Waals surface area (Å²) in [5, 5.41) is 12.3. The average molecular weight is 387 g/mol. The fourth-order valence-corrected chi connectivity index (χ4v) is 3.62. The van der Waals surface area contributed by atoms with Gasteiger partial charge in [-0.3, -0.25) is 9.00 Å². The molecule has 3 unspecified atom stereocenters. The standard InChI is InChI=1S/C19H20N2O5S/c22-18(23)17-12-21(11-16(17)14-4-2-1-3-5-14)19(24)20-10-13-6-8-15(9-7-13)27(25)26/h1-9,16-17H,10-12H2,(H,20,24)(H,22,23)(H,25,26)/p-1. The summed E-state index contributed by atoms with van der Waals surface area (Å²) in [4.78, 5) is 25.8. The number of carbonyl (C=O) groups excluding carboxylic acids is 1. The fraction of sp³-hybridized carbons (Fsp3) is 0.263. The lowest BCUT2D eigenvalue weighted by Crippen LogP contribution is -2.38. The summed E-state index contributed by atoms with van der Waals surface area (Å²) in [5.74, 6) is -1.81. The molecule has 3 atom stereocenters. The van der Waals surface area contributed by atoms with Crippen LogP contribution in [0.3, 0.4) is 0 Å². The number of nitrogens with one attached hydrogen (secondary N) is 1. The number of amides is 2. The van der Waals surface area contributed by atoms with Crippen molar-refractivity contribution < 1.29 is 23.5 Å². The molecule has 8 heteroatoms. The molecule has 1 fully saturated rings. The highest BCUT2D eigenvalue weighted by atomic mass is 32.2.